The molecule has 0 saturated heterocycles. The number of carbonyl (C=O) groups excluding carboxylic acids is 2. The van der Waals surface area contributed by atoms with Crippen molar-refractivity contribution in [3.63, 3.8) is 0 Å². The molecule has 1 atom stereocenters. The van der Waals surface area contributed by atoms with Crippen LogP contribution in [0.1, 0.15) is 29.7 Å². The fourth-order valence-corrected chi connectivity index (χ4v) is 2.20. The summed E-state index contributed by atoms with van der Waals surface area (Å²) in [6, 6.07) is 14.9. The highest BCUT2D eigenvalue weighted by atomic mass is 16.5. The second-order valence-electron chi connectivity index (χ2n) is 5.80. The number of ether oxygens (including phenoxy) is 1. The van der Waals surface area contributed by atoms with Crippen LogP contribution in [0.3, 0.4) is 0 Å². The number of rotatable bonds is 7. The van der Waals surface area contributed by atoms with Gasteiger partial charge >= 0.3 is 0 Å². The molecule has 0 spiro atoms. The minimum absolute atomic E-state index is 0.152. The van der Waals surface area contributed by atoms with Gasteiger partial charge in [-0.25, -0.2) is 0 Å². The first kappa shape index (κ1) is 18.3. The first-order valence-electron chi connectivity index (χ1n) is 8.00. The molecule has 0 radical (unpaired) electrons. The van der Waals surface area contributed by atoms with Gasteiger partial charge in [-0.1, -0.05) is 42.0 Å². The molecule has 0 aliphatic heterocycles. The number of nitrogens with one attached hydrogen (secondary N) is 1. The van der Waals surface area contributed by atoms with E-state index in [1.165, 1.54) is 11.6 Å². The second-order valence-corrected chi connectivity index (χ2v) is 5.80. The lowest BCUT2D eigenvalue weighted by Gasteiger charge is -2.13. The molecule has 25 heavy (non-hydrogen) atoms. The molecule has 2 aromatic rings. The molecule has 0 heterocycles. The van der Waals surface area contributed by atoms with Crippen LogP contribution in [0.2, 0.25) is 0 Å². The zero-order valence-electron chi connectivity index (χ0n) is 14.4. The first-order chi connectivity index (χ1) is 11.9. The van der Waals surface area contributed by atoms with Gasteiger partial charge in [0, 0.05) is 6.08 Å². The Morgan fingerprint density at radius 1 is 1.12 bits per heavy atom. The summed E-state index contributed by atoms with van der Waals surface area (Å²) in [6.45, 7) is 3.76. The summed E-state index contributed by atoms with van der Waals surface area (Å²) in [4.78, 5) is 22.7. The zero-order chi connectivity index (χ0) is 18.2. The molecule has 0 bridgehead atoms. The van der Waals surface area contributed by atoms with Crippen LogP contribution < -0.4 is 15.8 Å². The number of primary amides is 1. The molecule has 2 amide bonds. The lowest BCUT2D eigenvalue weighted by Crippen LogP contribution is -2.24. The highest BCUT2D eigenvalue weighted by molar-refractivity contribution is 5.91. The molecule has 0 aliphatic rings. The van der Waals surface area contributed by atoms with Crippen molar-refractivity contribution in [3.05, 3.63) is 71.3 Å². The van der Waals surface area contributed by atoms with E-state index in [4.69, 9.17) is 10.5 Å². The quantitative estimate of drug-likeness (QED) is 0.762. The van der Waals surface area contributed by atoms with Crippen molar-refractivity contribution in [2.75, 3.05) is 6.61 Å². The molecule has 0 fully saturated rings. The summed E-state index contributed by atoms with van der Waals surface area (Å²) >= 11 is 0. The van der Waals surface area contributed by atoms with Gasteiger partial charge in [0.25, 0.3) is 5.91 Å². The van der Waals surface area contributed by atoms with Crippen molar-refractivity contribution in [3.8, 4) is 5.75 Å². The van der Waals surface area contributed by atoms with Crippen molar-refractivity contribution >= 4 is 17.9 Å². The lowest BCUT2D eigenvalue weighted by atomic mass is 10.1. The molecule has 5 heteroatoms. The fraction of sp³-hybridized carbons (Fsp3) is 0.200. The number of amides is 2. The molecule has 130 valence electrons. The summed E-state index contributed by atoms with van der Waals surface area (Å²) in [5.41, 5.74) is 8.12. The summed E-state index contributed by atoms with van der Waals surface area (Å²) in [6.07, 6.45) is 3.30. The molecule has 0 aliphatic carbocycles. The Morgan fingerprint density at radius 2 is 1.76 bits per heavy atom. The van der Waals surface area contributed by atoms with E-state index in [2.05, 4.69) is 5.32 Å². The van der Waals surface area contributed by atoms with Crippen LogP contribution >= 0.6 is 0 Å². The molecule has 0 aromatic heterocycles. The molecule has 0 saturated carbocycles. The lowest BCUT2D eigenvalue weighted by molar-refractivity contribution is -0.120. The van der Waals surface area contributed by atoms with E-state index >= 15 is 0 Å². The van der Waals surface area contributed by atoms with Gasteiger partial charge in [-0.2, -0.15) is 0 Å². The van der Waals surface area contributed by atoms with Gasteiger partial charge in [-0.05, 0) is 43.2 Å². The fourth-order valence-electron chi connectivity index (χ4n) is 2.20. The minimum Gasteiger partial charge on any atom is -0.484 e. The molecule has 3 N–H and O–H groups in total. The smallest absolute Gasteiger partial charge is 0.255 e. The van der Waals surface area contributed by atoms with Crippen LogP contribution in [0.5, 0.6) is 5.75 Å². The zero-order valence-corrected chi connectivity index (χ0v) is 14.4. The Balaban J connectivity index is 1.89. The number of hydrogen-bond acceptors (Lipinski definition) is 3. The normalized spacial score (nSPS) is 11.9. The van der Waals surface area contributed by atoms with Gasteiger partial charge in [-0.3, -0.25) is 9.59 Å². The van der Waals surface area contributed by atoms with E-state index in [9.17, 15) is 9.59 Å². The molecular weight excluding hydrogens is 316 g/mol. The molecule has 2 aromatic carbocycles. The Morgan fingerprint density at radius 3 is 2.36 bits per heavy atom. The maximum absolute atomic E-state index is 12.0. The second kappa shape index (κ2) is 8.68. The van der Waals surface area contributed by atoms with Crippen LogP contribution in [-0.4, -0.2) is 18.4 Å². The van der Waals surface area contributed by atoms with Crippen molar-refractivity contribution in [2.45, 2.75) is 19.9 Å². The number of carbonyl (C=O) groups is 2. The monoisotopic (exact) mass is 338 g/mol. The Hall–Kier alpha value is -3.08. The first-order valence-corrected chi connectivity index (χ1v) is 8.00. The number of hydrogen-bond donors (Lipinski definition) is 2. The third-order valence-electron chi connectivity index (χ3n) is 3.62. The van der Waals surface area contributed by atoms with E-state index in [-0.39, 0.29) is 18.6 Å². The summed E-state index contributed by atoms with van der Waals surface area (Å²) < 4.78 is 5.21. The van der Waals surface area contributed by atoms with Crippen LogP contribution in [0.25, 0.3) is 6.08 Å². The Bertz CT molecular complexity index is 750. The van der Waals surface area contributed by atoms with Gasteiger partial charge in [0.2, 0.25) is 5.91 Å². The minimum atomic E-state index is -0.523. The predicted molar refractivity (Wildman–Crippen MR) is 97.9 cm³/mol. The van der Waals surface area contributed by atoms with E-state index in [0.29, 0.717) is 5.75 Å². The Labute approximate surface area is 147 Å². The summed E-state index contributed by atoms with van der Waals surface area (Å²) in [5, 5.41) is 2.91. The number of aryl methyl sites for hydroxylation is 1. The average Bonchev–Trinajstić information content (AvgIpc) is 2.60. The van der Waals surface area contributed by atoms with E-state index < -0.39 is 5.91 Å². The third kappa shape index (κ3) is 6.14. The molecule has 5 nitrogen and oxygen atoms in total. The van der Waals surface area contributed by atoms with Crippen LogP contribution in [-0.2, 0) is 9.59 Å². The molecular formula is C20H22N2O3. The summed E-state index contributed by atoms with van der Waals surface area (Å²) in [5.74, 6) is -0.132. The van der Waals surface area contributed by atoms with Gasteiger partial charge in [-0.15, -0.1) is 0 Å². The third-order valence-corrected chi connectivity index (χ3v) is 3.62. The van der Waals surface area contributed by atoms with E-state index in [1.807, 2.05) is 50.2 Å². The maximum Gasteiger partial charge on any atom is 0.255 e. The standard InChI is InChI=1S/C20H22N2O3/c1-14-3-5-16(6-4-14)7-12-20(24)22-15(2)17-8-10-18(11-9-17)25-13-19(21)23/h3-12,15H,13H2,1-2H3,(H2,21,23)(H,22,24)/b12-7+. The number of nitrogens with two attached hydrogens (primary N) is 1. The highest BCUT2D eigenvalue weighted by Gasteiger charge is 2.08. The average molecular weight is 338 g/mol. The van der Waals surface area contributed by atoms with Gasteiger partial charge < -0.3 is 15.8 Å². The SMILES string of the molecule is Cc1ccc(/C=C/C(=O)NC(C)c2ccc(OCC(N)=O)cc2)cc1. The number of benzene rings is 2. The van der Waals surface area contributed by atoms with Crippen LogP contribution in [0.4, 0.5) is 0 Å². The highest BCUT2D eigenvalue weighted by Crippen LogP contribution is 2.17. The Kier molecular flexibility index (Phi) is 6.34. The van der Waals surface area contributed by atoms with Gasteiger partial charge in [0.15, 0.2) is 6.61 Å². The van der Waals surface area contributed by atoms with Crippen molar-refractivity contribution < 1.29 is 14.3 Å². The largest absolute Gasteiger partial charge is 0.484 e. The summed E-state index contributed by atoms with van der Waals surface area (Å²) in [7, 11) is 0. The topological polar surface area (TPSA) is 81.4 Å². The van der Waals surface area contributed by atoms with E-state index in [1.54, 1.807) is 18.2 Å². The van der Waals surface area contributed by atoms with Crippen molar-refractivity contribution in [1.82, 2.24) is 5.32 Å². The van der Waals surface area contributed by atoms with Crippen LogP contribution in [0.15, 0.2) is 54.6 Å². The van der Waals surface area contributed by atoms with Crippen LogP contribution in [0, 0.1) is 6.92 Å². The van der Waals surface area contributed by atoms with Crippen molar-refractivity contribution in [2.24, 2.45) is 5.73 Å². The van der Waals surface area contributed by atoms with E-state index in [0.717, 1.165) is 11.1 Å². The van der Waals surface area contributed by atoms with Crippen molar-refractivity contribution in [1.29, 1.82) is 0 Å². The maximum atomic E-state index is 12.0. The van der Waals surface area contributed by atoms with Gasteiger partial charge in [0.05, 0.1) is 6.04 Å². The van der Waals surface area contributed by atoms with Gasteiger partial charge in [0.1, 0.15) is 5.75 Å². The molecule has 2 rings (SSSR count). The molecule has 1 unspecified atom stereocenters. The predicted octanol–water partition coefficient (Wildman–Crippen LogP) is 2.75.